The van der Waals surface area contributed by atoms with Crippen LogP contribution in [0, 0.1) is 0 Å². The molecule has 0 aromatic rings. The van der Waals surface area contributed by atoms with E-state index in [1.165, 1.54) is 167 Å². The van der Waals surface area contributed by atoms with E-state index in [1.54, 1.807) is 0 Å². The molecule has 0 fully saturated rings. The minimum Gasteiger partial charge on any atom is -0.462 e. The van der Waals surface area contributed by atoms with Crippen LogP contribution >= 0.6 is 0 Å². The van der Waals surface area contributed by atoms with Gasteiger partial charge in [-0.15, -0.1) is 0 Å². The number of hydrogen-bond acceptors (Lipinski definition) is 6. The van der Waals surface area contributed by atoms with Crippen molar-refractivity contribution in [2.45, 2.75) is 335 Å². The molecule has 0 bridgehead atoms. The zero-order chi connectivity index (χ0) is 59.9. The summed E-state index contributed by atoms with van der Waals surface area (Å²) in [5, 5.41) is 0. The summed E-state index contributed by atoms with van der Waals surface area (Å²) in [7, 11) is 0. The van der Waals surface area contributed by atoms with Gasteiger partial charge in [0.1, 0.15) is 13.2 Å². The summed E-state index contributed by atoms with van der Waals surface area (Å²) < 4.78 is 16.9. The first-order valence-corrected chi connectivity index (χ1v) is 35.0. The summed E-state index contributed by atoms with van der Waals surface area (Å²) in [5.74, 6) is -0.913. The van der Waals surface area contributed by atoms with Crippen LogP contribution in [0.5, 0.6) is 0 Å². The van der Waals surface area contributed by atoms with Crippen LogP contribution in [0.15, 0.2) is 122 Å². The summed E-state index contributed by atoms with van der Waals surface area (Å²) >= 11 is 0. The zero-order valence-corrected chi connectivity index (χ0v) is 54.4. The molecule has 0 aromatic carbocycles. The Morgan fingerprint density at radius 2 is 0.470 bits per heavy atom. The highest BCUT2D eigenvalue weighted by Gasteiger charge is 2.19. The lowest BCUT2D eigenvalue weighted by molar-refractivity contribution is -0.167. The molecule has 0 heterocycles. The van der Waals surface area contributed by atoms with Crippen molar-refractivity contribution >= 4 is 17.9 Å². The van der Waals surface area contributed by atoms with Gasteiger partial charge in [0.2, 0.25) is 0 Å². The number of rotatable bonds is 63. The third-order valence-electron chi connectivity index (χ3n) is 14.9. The van der Waals surface area contributed by atoms with Crippen LogP contribution in [-0.2, 0) is 28.6 Å². The molecule has 0 saturated carbocycles. The Labute approximate surface area is 513 Å². The number of esters is 3. The molecule has 0 saturated heterocycles. The van der Waals surface area contributed by atoms with Crippen LogP contribution in [0.2, 0.25) is 0 Å². The van der Waals surface area contributed by atoms with E-state index in [4.69, 9.17) is 14.2 Å². The van der Waals surface area contributed by atoms with Crippen molar-refractivity contribution in [1.82, 2.24) is 0 Å². The first-order valence-electron chi connectivity index (χ1n) is 35.0. The van der Waals surface area contributed by atoms with Crippen LogP contribution < -0.4 is 0 Å². The van der Waals surface area contributed by atoms with E-state index in [0.29, 0.717) is 19.3 Å². The fourth-order valence-electron chi connectivity index (χ4n) is 9.75. The van der Waals surface area contributed by atoms with Crippen molar-refractivity contribution in [3.63, 3.8) is 0 Å². The van der Waals surface area contributed by atoms with Gasteiger partial charge in [-0.05, 0) is 128 Å². The summed E-state index contributed by atoms with van der Waals surface area (Å²) in [5.41, 5.74) is 0. The highest BCUT2D eigenvalue weighted by Crippen LogP contribution is 2.17. The van der Waals surface area contributed by atoms with Crippen LogP contribution in [-0.4, -0.2) is 37.2 Å². The number of hydrogen-bond donors (Lipinski definition) is 0. The van der Waals surface area contributed by atoms with Crippen LogP contribution in [0.1, 0.15) is 329 Å². The second kappa shape index (κ2) is 70.3. The largest absolute Gasteiger partial charge is 0.462 e. The molecule has 1 atom stereocenters. The standard InChI is InChI=1S/C77H130O6/c1-4-7-10-13-16-19-22-25-27-29-31-33-35-36-37-38-39-40-42-43-45-47-49-52-55-58-61-64-67-70-76(79)82-73-74(72-81-75(78)69-66-63-60-57-54-51-24-21-18-15-12-9-6-3)83-77(80)71-68-65-62-59-56-53-50-48-46-44-41-34-32-30-28-26-23-20-17-14-11-8-5-2/h7,9-10,12,16,18-19,21,23,25-27,30-33,36-37,51,54,74H,4-6,8,11,13-15,17,20,22,24,28-29,34-35,38-50,52-53,55-73H2,1-3H3/b10-7-,12-9-,19-16-,21-18-,26-23-,27-25-,32-30-,33-31-,37-36-,54-51-. The molecule has 0 N–H and O–H groups in total. The van der Waals surface area contributed by atoms with Gasteiger partial charge in [0, 0.05) is 19.3 Å². The minimum absolute atomic E-state index is 0.0891. The molecule has 0 rings (SSSR count). The second-order valence-electron chi connectivity index (χ2n) is 23.0. The van der Waals surface area contributed by atoms with Crippen molar-refractivity contribution in [1.29, 1.82) is 0 Å². The van der Waals surface area contributed by atoms with E-state index < -0.39 is 6.10 Å². The fraction of sp³-hybridized carbons (Fsp3) is 0.701. The third kappa shape index (κ3) is 68.5. The fourth-order valence-corrected chi connectivity index (χ4v) is 9.75. The molecule has 0 amide bonds. The summed E-state index contributed by atoms with van der Waals surface area (Å²) in [6.45, 7) is 6.40. The average molecular weight is 1150 g/mol. The molecule has 0 radical (unpaired) electrons. The molecule has 83 heavy (non-hydrogen) atoms. The monoisotopic (exact) mass is 1150 g/mol. The van der Waals surface area contributed by atoms with E-state index in [2.05, 4.69) is 142 Å². The van der Waals surface area contributed by atoms with Crippen molar-refractivity contribution in [2.75, 3.05) is 13.2 Å². The zero-order valence-electron chi connectivity index (χ0n) is 54.4. The molecule has 0 spiro atoms. The van der Waals surface area contributed by atoms with E-state index in [-0.39, 0.29) is 31.1 Å². The number of allylic oxidation sites excluding steroid dienone is 20. The maximum absolute atomic E-state index is 13.0. The van der Waals surface area contributed by atoms with Crippen molar-refractivity contribution < 1.29 is 28.6 Å². The Balaban J connectivity index is 4.29. The summed E-state index contributed by atoms with van der Waals surface area (Å²) in [6.07, 6.45) is 98.0. The number of carbonyl (C=O) groups is 3. The van der Waals surface area contributed by atoms with Crippen LogP contribution in [0.25, 0.3) is 0 Å². The summed E-state index contributed by atoms with van der Waals surface area (Å²) in [6, 6.07) is 0. The average Bonchev–Trinajstić information content (AvgIpc) is 3.49. The highest BCUT2D eigenvalue weighted by atomic mass is 16.6. The normalized spacial score (nSPS) is 12.9. The lowest BCUT2D eigenvalue weighted by Gasteiger charge is -2.18. The molecule has 6 heteroatoms. The Morgan fingerprint density at radius 3 is 0.747 bits per heavy atom. The number of carbonyl (C=O) groups excluding carboxylic acids is 3. The van der Waals surface area contributed by atoms with Gasteiger partial charge >= 0.3 is 17.9 Å². The lowest BCUT2D eigenvalue weighted by Crippen LogP contribution is -2.30. The Kier molecular flexibility index (Phi) is 66.7. The molecule has 0 aliphatic carbocycles. The van der Waals surface area contributed by atoms with E-state index in [1.807, 2.05) is 0 Å². The smallest absolute Gasteiger partial charge is 0.306 e. The quantitative estimate of drug-likeness (QED) is 0.0261. The molecule has 0 aliphatic rings. The van der Waals surface area contributed by atoms with Gasteiger partial charge in [-0.1, -0.05) is 303 Å². The van der Waals surface area contributed by atoms with Crippen molar-refractivity contribution in [3.8, 4) is 0 Å². The molecule has 0 aliphatic heterocycles. The van der Waals surface area contributed by atoms with Gasteiger partial charge in [-0.3, -0.25) is 14.4 Å². The number of ether oxygens (including phenoxy) is 3. The Bertz CT molecular complexity index is 1700. The molecule has 474 valence electrons. The van der Waals surface area contributed by atoms with Gasteiger partial charge in [0.05, 0.1) is 0 Å². The van der Waals surface area contributed by atoms with Gasteiger partial charge in [-0.2, -0.15) is 0 Å². The van der Waals surface area contributed by atoms with E-state index >= 15 is 0 Å². The van der Waals surface area contributed by atoms with Gasteiger partial charge in [0.15, 0.2) is 6.10 Å². The van der Waals surface area contributed by atoms with E-state index in [9.17, 15) is 14.4 Å². The Hall–Kier alpha value is -4.19. The van der Waals surface area contributed by atoms with Gasteiger partial charge in [-0.25, -0.2) is 0 Å². The van der Waals surface area contributed by atoms with Gasteiger partial charge in [0.25, 0.3) is 0 Å². The SMILES string of the molecule is CC/C=C\C/C=C\C/C=C\C/C=C\C/C=C\CCCCCCCCCCCCCCCC(=O)OCC(COC(=O)CCCCC/C=C\C/C=C\C/C=C\CC)OC(=O)CCCCCCCCCCCCC/C=C\C/C=C\CCCCCCC. The maximum Gasteiger partial charge on any atom is 0.306 e. The first kappa shape index (κ1) is 78.8. The van der Waals surface area contributed by atoms with Gasteiger partial charge < -0.3 is 14.2 Å². The molecule has 6 nitrogen and oxygen atoms in total. The Morgan fingerprint density at radius 1 is 0.253 bits per heavy atom. The second-order valence-corrected chi connectivity index (χ2v) is 23.0. The summed E-state index contributed by atoms with van der Waals surface area (Å²) in [4.78, 5) is 38.4. The van der Waals surface area contributed by atoms with Crippen molar-refractivity contribution in [3.05, 3.63) is 122 Å². The first-order chi connectivity index (χ1) is 41.0. The highest BCUT2D eigenvalue weighted by molar-refractivity contribution is 5.71. The molecule has 0 aromatic heterocycles. The topological polar surface area (TPSA) is 78.9 Å². The minimum atomic E-state index is -0.795. The third-order valence-corrected chi connectivity index (χ3v) is 14.9. The lowest BCUT2D eigenvalue weighted by atomic mass is 10.0. The number of unbranched alkanes of at least 4 members (excludes halogenated alkanes) is 32. The predicted molar refractivity (Wildman–Crippen MR) is 362 cm³/mol. The predicted octanol–water partition coefficient (Wildman–Crippen LogP) is 24.3. The van der Waals surface area contributed by atoms with E-state index in [0.717, 1.165) is 122 Å². The molecular formula is C77H130O6. The van der Waals surface area contributed by atoms with Crippen molar-refractivity contribution in [2.24, 2.45) is 0 Å². The molecule has 1 unspecified atom stereocenters. The maximum atomic E-state index is 13.0. The van der Waals surface area contributed by atoms with Crippen LogP contribution in [0.3, 0.4) is 0 Å². The van der Waals surface area contributed by atoms with Crippen LogP contribution in [0.4, 0.5) is 0 Å². The molecular weight excluding hydrogens is 1020 g/mol.